The van der Waals surface area contributed by atoms with Gasteiger partial charge in [0, 0.05) is 10.5 Å². The Labute approximate surface area is 79.4 Å². The average molecular weight is 190 g/mol. The van der Waals surface area contributed by atoms with E-state index < -0.39 is 17.0 Å². The molecule has 0 saturated heterocycles. The van der Waals surface area contributed by atoms with Crippen molar-refractivity contribution in [3.63, 3.8) is 0 Å². The van der Waals surface area contributed by atoms with Crippen LogP contribution in [0.5, 0.6) is 0 Å². The standard InChI is InChI=1S/C8H6N4O2/c1-4-5(11-12-10)7(14)8(2,3-9)6(4)13/h1-2H3. The van der Waals surface area contributed by atoms with Gasteiger partial charge < -0.3 is 0 Å². The largest absolute Gasteiger partial charge is 0.292 e. The van der Waals surface area contributed by atoms with Gasteiger partial charge >= 0.3 is 0 Å². The zero-order valence-electron chi connectivity index (χ0n) is 7.61. The van der Waals surface area contributed by atoms with Crippen molar-refractivity contribution in [3.05, 3.63) is 21.7 Å². The Hall–Kier alpha value is -2.12. The number of nitriles is 1. The number of rotatable bonds is 1. The number of hydrogen-bond acceptors (Lipinski definition) is 4. The predicted octanol–water partition coefficient (Wildman–Crippen LogP) is 1.25. The highest BCUT2D eigenvalue weighted by Crippen LogP contribution is 2.35. The molecule has 6 heteroatoms. The number of allylic oxidation sites excluding steroid dienone is 2. The summed E-state index contributed by atoms with van der Waals surface area (Å²) >= 11 is 0. The highest BCUT2D eigenvalue weighted by molar-refractivity contribution is 6.28. The van der Waals surface area contributed by atoms with Crippen molar-refractivity contribution in [1.82, 2.24) is 0 Å². The monoisotopic (exact) mass is 190 g/mol. The van der Waals surface area contributed by atoms with Crippen molar-refractivity contribution in [2.24, 2.45) is 10.5 Å². The van der Waals surface area contributed by atoms with Crippen LogP contribution in [0.4, 0.5) is 0 Å². The number of carbonyl (C=O) groups is 2. The van der Waals surface area contributed by atoms with Crippen molar-refractivity contribution in [3.8, 4) is 6.07 Å². The lowest BCUT2D eigenvalue weighted by molar-refractivity contribution is -0.129. The van der Waals surface area contributed by atoms with Gasteiger partial charge in [-0.15, -0.1) is 0 Å². The summed E-state index contributed by atoms with van der Waals surface area (Å²) in [5, 5.41) is 11.8. The maximum Gasteiger partial charge on any atom is 0.193 e. The quantitative estimate of drug-likeness (QED) is 0.268. The number of carbonyl (C=O) groups excluding carboxylic acids is 2. The Balaban J connectivity index is 3.40. The third-order valence-electron chi connectivity index (χ3n) is 2.19. The van der Waals surface area contributed by atoms with Gasteiger partial charge in [0.05, 0.1) is 11.8 Å². The zero-order chi connectivity index (χ0) is 10.9. The van der Waals surface area contributed by atoms with E-state index in [1.165, 1.54) is 13.8 Å². The van der Waals surface area contributed by atoms with E-state index in [-0.39, 0.29) is 11.3 Å². The summed E-state index contributed by atoms with van der Waals surface area (Å²) in [6.45, 7) is 2.59. The molecule has 1 unspecified atom stereocenters. The van der Waals surface area contributed by atoms with Crippen LogP contribution in [0, 0.1) is 16.7 Å². The summed E-state index contributed by atoms with van der Waals surface area (Å²) < 4.78 is 0. The van der Waals surface area contributed by atoms with Crippen molar-refractivity contribution >= 4 is 11.6 Å². The summed E-state index contributed by atoms with van der Waals surface area (Å²) in [7, 11) is 0. The van der Waals surface area contributed by atoms with E-state index >= 15 is 0 Å². The summed E-state index contributed by atoms with van der Waals surface area (Å²) in [4.78, 5) is 25.4. The fourth-order valence-corrected chi connectivity index (χ4v) is 1.26. The Kier molecular flexibility index (Phi) is 2.12. The van der Waals surface area contributed by atoms with Crippen LogP contribution < -0.4 is 0 Å². The number of ketones is 2. The molecule has 0 N–H and O–H groups in total. The van der Waals surface area contributed by atoms with E-state index in [2.05, 4.69) is 10.0 Å². The average Bonchev–Trinajstić information content (AvgIpc) is 2.34. The van der Waals surface area contributed by atoms with E-state index in [9.17, 15) is 9.59 Å². The molecule has 1 aliphatic rings. The van der Waals surface area contributed by atoms with Crippen LogP contribution in [0.3, 0.4) is 0 Å². The normalized spacial score (nSPS) is 26.1. The van der Waals surface area contributed by atoms with Crippen LogP contribution in [-0.2, 0) is 9.59 Å². The van der Waals surface area contributed by atoms with Gasteiger partial charge in [0.1, 0.15) is 0 Å². The van der Waals surface area contributed by atoms with Gasteiger partial charge in [-0.2, -0.15) is 5.26 Å². The maximum absolute atomic E-state index is 11.5. The zero-order valence-corrected chi connectivity index (χ0v) is 7.61. The molecule has 0 saturated carbocycles. The third-order valence-corrected chi connectivity index (χ3v) is 2.19. The topological polar surface area (TPSA) is 107 Å². The second-order valence-electron chi connectivity index (χ2n) is 3.06. The molecule has 0 radical (unpaired) electrons. The molecule has 1 aliphatic carbocycles. The fraction of sp³-hybridized carbons (Fsp3) is 0.375. The van der Waals surface area contributed by atoms with E-state index in [1.54, 1.807) is 6.07 Å². The molecule has 0 spiro atoms. The summed E-state index contributed by atoms with van der Waals surface area (Å²) in [5.41, 5.74) is 6.26. The molecule has 0 amide bonds. The van der Waals surface area contributed by atoms with Gasteiger partial charge in [-0.25, -0.2) is 0 Å². The third kappa shape index (κ3) is 1.00. The minimum absolute atomic E-state index is 0.0526. The van der Waals surface area contributed by atoms with Crippen LogP contribution in [0.25, 0.3) is 10.4 Å². The minimum atomic E-state index is -1.71. The van der Waals surface area contributed by atoms with Crippen LogP contribution in [0.2, 0.25) is 0 Å². The Bertz CT molecular complexity index is 450. The van der Waals surface area contributed by atoms with Gasteiger partial charge in [0.15, 0.2) is 17.0 Å². The summed E-state index contributed by atoms with van der Waals surface area (Å²) in [6.07, 6.45) is 0. The van der Waals surface area contributed by atoms with Crippen molar-refractivity contribution in [1.29, 1.82) is 5.26 Å². The summed E-state index contributed by atoms with van der Waals surface area (Å²) in [6, 6.07) is 1.63. The highest BCUT2D eigenvalue weighted by atomic mass is 16.2. The molecule has 0 fully saturated rings. The first kappa shape index (κ1) is 9.96. The Morgan fingerprint density at radius 3 is 2.43 bits per heavy atom. The molecule has 0 aliphatic heterocycles. The van der Waals surface area contributed by atoms with E-state index in [0.29, 0.717) is 0 Å². The first-order valence-electron chi connectivity index (χ1n) is 3.76. The van der Waals surface area contributed by atoms with Gasteiger partial charge in [0.25, 0.3) is 0 Å². The van der Waals surface area contributed by atoms with Gasteiger partial charge in [-0.1, -0.05) is 5.11 Å². The maximum atomic E-state index is 11.5. The molecule has 0 heterocycles. The molecule has 0 bridgehead atoms. The van der Waals surface area contributed by atoms with Crippen molar-refractivity contribution < 1.29 is 9.59 Å². The lowest BCUT2D eigenvalue weighted by Crippen LogP contribution is -2.29. The molecule has 0 aromatic heterocycles. The second-order valence-corrected chi connectivity index (χ2v) is 3.06. The molecular weight excluding hydrogens is 184 g/mol. The second kappa shape index (κ2) is 2.98. The SMILES string of the molecule is CC1=C(N=[N+]=[N-])C(=O)C(C)(C#N)C1=O. The lowest BCUT2D eigenvalue weighted by atomic mass is 9.86. The van der Waals surface area contributed by atoms with Gasteiger partial charge in [-0.05, 0) is 19.4 Å². The number of azide groups is 1. The molecule has 0 aromatic carbocycles. The number of hydrogen-bond donors (Lipinski definition) is 0. The molecule has 1 atom stereocenters. The minimum Gasteiger partial charge on any atom is -0.292 e. The number of nitrogens with zero attached hydrogens (tertiary/aromatic N) is 4. The van der Waals surface area contributed by atoms with Crippen LogP contribution in [0.1, 0.15) is 13.8 Å². The lowest BCUT2D eigenvalue weighted by Gasteiger charge is -2.09. The molecule has 70 valence electrons. The smallest absolute Gasteiger partial charge is 0.193 e. The van der Waals surface area contributed by atoms with Crippen molar-refractivity contribution in [2.45, 2.75) is 13.8 Å². The van der Waals surface area contributed by atoms with E-state index in [1.807, 2.05) is 0 Å². The molecule has 0 aromatic rings. The fourth-order valence-electron chi connectivity index (χ4n) is 1.26. The van der Waals surface area contributed by atoms with E-state index in [0.717, 1.165) is 0 Å². The molecule has 14 heavy (non-hydrogen) atoms. The first-order chi connectivity index (χ1) is 6.49. The predicted molar refractivity (Wildman–Crippen MR) is 45.6 cm³/mol. The molecule has 6 nitrogen and oxygen atoms in total. The van der Waals surface area contributed by atoms with Gasteiger partial charge in [0.2, 0.25) is 0 Å². The summed E-state index contributed by atoms with van der Waals surface area (Å²) in [5.74, 6) is -1.31. The Morgan fingerprint density at radius 2 is 2.07 bits per heavy atom. The molecular formula is C8H6N4O2. The number of Topliss-reactive ketones (excluding diaryl/α,β-unsaturated/α-hetero) is 2. The van der Waals surface area contributed by atoms with E-state index in [4.69, 9.17) is 10.8 Å². The Morgan fingerprint density at radius 1 is 1.50 bits per heavy atom. The van der Waals surface area contributed by atoms with Crippen LogP contribution in [-0.4, -0.2) is 11.6 Å². The first-order valence-corrected chi connectivity index (χ1v) is 3.76. The molecule has 1 rings (SSSR count). The van der Waals surface area contributed by atoms with Crippen LogP contribution >= 0.6 is 0 Å². The van der Waals surface area contributed by atoms with Crippen LogP contribution in [0.15, 0.2) is 16.4 Å². The van der Waals surface area contributed by atoms with Gasteiger partial charge in [-0.3, -0.25) is 9.59 Å². The van der Waals surface area contributed by atoms with Crippen molar-refractivity contribution in [2.75, 3.05) is 0 Å². The highest BCUT2D eigenvalue weighted by Gasteiger charge is 2.49.